The highest BCUT2D eigenvalue weighted by Gasteiger charge is 2.42. The minimum Gasteiger partial charge on any atom is -0.481 e. The van der Waals surface area contributed by atoms with Gasteiger partial charge in [-0.25, -0.2) is 0 Å². The average Bonchev–Trinajstić information content (AvgIpc) is 2.70. The molecule has 6 nitrogen and oxygen atoms in total. The number of rotatable bonds is 4. The number of amides is 2. The third-order valence-electron chi connectivity index (χ3n) is 3.68. The minimum absolute atomic E-state index is 0.0109. The summed E-state index contributed by atoms with van der Waals surface area (Å²) in [5.41, 5.74) is 0. The monoisotopic (exact) mass is 270 g/mol. The van der Waals surface area contributed by atoms with Crippen molar-refractivity contribution in [1.82, 2.24) is 9.80 Å². The van der Waals surface area contributed by atoms with Gasteiger partial charge in [-0.05, 0) is 18.8 Å². The van der Waals surface area contributed by atoms with E-state index in [-0.39, 0.29) is 24.3 Å². The number of carbonyl (C=O) groups is 3. The van der Waals surface area contributed by atoms with E-state index in [4.69, 9.17) is 5.11 Å². The van der Waals surface area contributed by atoms with Crippen LogP contribution in [-0.4, -0.2) is 60.4 Å². The van der Waals surface area contributed by atoms with Crippen LogP contribution in [0.4, 0.5) is 0 Å². The predicted octanol–water partition coefficient (Wildman–Crippen LogP) is 0.280. The van der Waals surface area contributed by atoms with Crippen LogP contribution in [0.1, 0.15) is 19.8 Å². The normalized spacial score (nSPS) is 26.0. The van der Waals surface area contributed by atoms with E-state index in [9.17, 15) is 14.4 Å². The standard InChI is InChI=1S/C13H22N2O4/c1-8-5-9(10(6-8)13(18)19)12(17)15(4)7-11(16)14(2)3/h8-10H,5-7H2,1-4H3,(H,18,19)/t8?,9-,10+/m0/s1. The zero-order chi connectivity index (χ0) is 14.7. The zero-order valence-electron chi connectivity index (χ0n) is 11.9. The number of carboxylic acids is 1. The maximum Gasteiger partial charge on any atom is 0.307 e. The molecule has 1 unspecified atom stereocenters. The second-order valence-corrected chi connectivity index (χ2v) is 5.61. The molecule has 2 amide bonds. The fraction of sp³-hybridized carbons (Fsp3) is 0.769. The van der Waals surface area contributed by atoms with Crippen molar-refractivity contribution in [3.8, 4) is 0 Å². The van der Waals surface area contributed by atoms with Crippen LogP contribution in [0, 0.1) is 17.8 Å². The summed E-state index contributed by atoms with van der Waals surface area (Å²) in [6.07, 6.45) is 1.11. The van der Waals surface area contributed by atoms with Gasteiger partial charge in [0.1, 0.15) is 0 Å². The van der Waals surface area contributed by atoms with Crippen molar-refractivity contribution in [2.75, 3.05) is 27.7 Å². The van der Waals surface area contributed by atoms with Gasteiger partial charge < -0.3 is 14.9 Å². The van der Waals surface area contributed by atoms with Gasteiger partial charge in [0.15, 0.2) is 0 Å². The van der Waals surface area contributed by atoms with Crippen molar-refractivity contribution >= 4 is 17.8 Å². The Labute approximate surface area is 113 Å². The van der Waals surface area contributed by atoms with Gasteiger partial charge in [0.05, 0.1) is 18.4 Å². The summed E-state index contributed by atoms with van der Waals surface area (Å²) in [7, 11) is 4.79. The molecule has 0 bridgehead atoms. The molecule has 0 heterocycles. The maximum absolute atomic E-state index is 12.3. The van der Waals surface area contributed by atoms with Gasteiger partial charge in [0.25, 0.3) is 0 Å². The molecule has 108 valence electrons. The molecule has 1 aliphatic rings. The van der Waals surface area contributed by atoms with Gasteiger partial charge in [-0.15, -0.1) is 0 Å². The first kappa shape index (κ1) is 15.5. The second kappa shape index (κ2) is 6.04. The van der Waals surface area contributed by atoms with Crippen molar-refractivity contribution in [2.24, 2.45) is 17.8 Å². The van der Waals surface area contributed by atoms with Gasteiger partial charge >= 0.3 is 5.97 Å². The molecular weight excluding hydrogens is 248 g/mol. The lowest BCUT2D eigenvalue weighted by atomic mass is 9.95. The highest BCUT2D eigenvalue weighted by molar-refractivity contribution is 5.88. The number of carbonyl (C=O) groups excluding carboxylic acids is 2. The summed E-state index contributed by atoms with van der Waals surface area (Å²) in [6, 6.07) is 0. The first-order valence-corrected chi connectivity index (χ1v) is 6.42. The smallest absolute Gasteiger partial charge is 0.307 e. The predicted molar refractivity (Wildman–Crippen MR) is 69.3 cm³/mol. The molecule has 1 aliphatic carbocycles. The quantitative estimate of drug-likeness (QED) is 0.796. The molecule has 0 saturated heterocycles. The molecule has 0 aromatic rings. The highest BCUT2D eigenvalue weighted by atomic mass is 16.4. The second-order valence-electron chi connectivity index (χ2n) is 5.61. The Morgan fingerprint density at radius 3 is 2.11 bits per heavy atom. The van der Waals surface area contributed by atoms with Crippen LogP contribution in [0.3, 0.4) is 0 Å². The number of nitrogens with zero attached hydrogens (tertiary/aromatic N) is 2. The van der Waals surface area contributed by atoms with Gasteiger partial charge in [-0.2, -0.15) is 0 Å². The average molecular weight is 270 g/mol. The lowest BCUT2D eigenvalue weighted by molar-refractivity contribution is -0.149. The molecule has 0 radical (unpaired) electrons. The molecule has 0 aromatic heterocycles. The SMILES string of the molecule is CC1C[C@H](C(=O)N(C)CC(=O)N(C)C)[C@H](C(=O)O)C1. The first-order chi connectivity index (χ1) is 8.73. The third kappa shape index (κ3) is 3.68. The zero-order valence-corrected chi connectivity index (χ0v) is 11.9. The molecule has 0 spiro atoms. The fourth-order valence-electron chi connectivity index (χ4n) is 2.54. The third-order valence-corrected chi connectivity index (χ3v) is 3.68. The fourth-order valence-corrected chi connectivity index (χ4v) is 2.54. The molecule has 1 rings (SSSR count). The van der Waals surface area contributed by atoms with Crippen LogP contribution >= 0.6 is 0 Å². The molecule has 6 heteroatoms. The number of hydrogen-bond donors (Lipinski definition) is 1. The van der Waals surface area contributed by atoms with E-state index in [1.807, 2.05) is 6.92 Å². The largest absolute Gasteiger partial charge is 0.481 e. The van der Waals surface area contributed by atoms with E-state index in [0.717, 1.165) is 0 Å². The Balaban J connectivity index is 2.70. The highest BCUT2D eigenvalue weighted by Crippen LogP contribution is 2.37. The topological polar surface area (TPSA) is 77.9 Å². The van der Waals surface area contributed by atoms with Crippen LogP contribution < -0.4 is 0 Å². The molecule has 1 fully saturated rings. The van der Waals surface area contributed by atoms with Crippen molar-refractivity contribution in [3.05, 3.63) is 0 Å². The van der Waals surface area contributed by atoms with Gasteiger partial charge in [-0.3, -0.25) is 14.4 Å². The Morgan fingerprint density at radius 2 is 1.63 bits per heavy atom. The Kier molecular flexibility index (Phi) is 4.91. The van der Waals surface area contributed by atoms with E-state index < -0.39 is 17.8 Å². The van der Waals surface area contributed by atoms with Crippen molar-refractivity contribution < 1.29 is 19.5 Å². The van der Waals surface area contributed by atoms with E-state index in [1.165, 1.54) is 9.80 Å². The Morgan fingerprint density at radius 1 is 1.11 bits per heavy atom. The minimum atomic E-state index is -0.921. The molecule has 0 aromatic carbocycles. The Hall–Kier alpha value is -1.59. The maximum atomic E-state index is 12.3. The van der Waals surface area contributed by atoms with E-state index in [2.05, 4.69) is 0 Å². The van der Waals surface area contributed by atoms with Crippen LogP contribution in [0.25, 0.3) is 0 Å². The lowest BCUT2D eigenvalue weighted by Gasteiger charge is -2.24. The number of aliphatic carboxylic acids is 1. The number of carboxylic acid groups (broad SMARTS) is 1. The van der Waals surface area contributed by atoms with E-state index >= 15 is 0 Å². The molecular formula is C13H22N2O4. The molecule has 0 aliphatic heterocycles. The Bertz CT molecular complexity index is 381. The van der Waals surface area contributed by atoms with Crippen molar-refractivity contribution in [2.45, 2.75) is 19.8 Å². The molecule has 1 saturated carbocycles. The summed E-state index contributed by atoms with van der Waals surface area (Å²) >= 11 is 0. The number of hydrogen-bond acceptors (Lipinski definition) is 3. The summed E-state index contributed by atoms with van der Waals surface area (Å²) in [5, 5.41) is 9.16. The van der Waals surface area contributed by atoms with Gasteiger partial charge in [0, 0.05) is 21.1 Å². The van der Waals surface area contributed by atoms with Crippen molar-refractivity contribution in [3.63, 3.8) is 0 Å². The van der Waals surface area contributed by atoms with Crippen LogP contribution in [0.15, 0.2) is 0 Å². The van der Waals surface area contributed by atoms with Crippen LogP contribution in [0.5, 0.6) is 0 Å². The summed E-state index contributed by atoms with van der Waals surface area (Å²) in [6.45, 7) is 1.94. The summed E-state index contributed by atoms with van der Waals surface area (Å²) in [5.74, 6) is -2.24. The van der Waals surface area contributed by atoms with Gasteiger partial charge in [0.2, 0.25) is 11.8 Å². The van der Waals surface area contributed by atoms with E-state index in [0.29, 0.717) is 12.8 Å². The molecule has 3 atom stereocenters. The molecule has 19 heavy (non-hydrogen) atoms. The van der Waals surface area contributed by atoms with Crippen LogP contribution in [-0.2, 0) is 14.4 Å². The first-order valence-electron chi connectivity index (χ1n) is 6.42. The van der Waals surface area contributed by atoms with Crippen LogP contribution in [0.2, 0.25) is 0 Å². The van der Waals surface area contributed by atoms with Gasteiger partial charge in [-0.1, -0.05) is 6.92 Å². The number of likely N-dealkylation sites (N-methyl/N-ethyl adjacent to an activating group) is 2. The lowest BCUT2D eigenvalue weighted by Crippen LogP contribution is -2.42. The molecule has 1 N–H and O–H groups in total. The summed E-state index contributed by atoms with van der Waals surface area (Å²) in [4.78, 5) is 37.7. The van der Waals surface area contributed by atoms with Crippen molar-refractivity contribution in [1.29, 1.82) is 0 Å². The van der Waals surface area contributed by atoms with E-state index in [1.54, 1.807) is 21.1 Å². The summed E-state index contributed by atoms with van der Waals surface area (Å²) < 4.78 is 0.